The van der Waals surface area contributed by atoms with Crippen molar-refractivity contribution >= 4 is 27.3 Å². The maximum Gasteiger partial charge on any atom is 0.243 e. The number of nitrogens with one attached hydrogen (secondary N) is 2. The fourth-order valence-electron chi connectivity index (χ4n) is 2.13. The molecule has 1 fully saturated rings. The largest absolute Gasteiger partial charge is 0.495 e. The maximum atomic E-state index is 12.7. The predicted octanol–water partition coefficient (Wildman–Crippen LogP) is -0.0564. The number of hydrogen-bond acceptors (Lipinski definition) is 8. The number of sulfonamides is 1. The Balaban J connectivity index is 2.36. The van der Waals surface area contributed by atoms with Gasteiger partial charge < -0.3 is 15.2 Å². The molecular weight excluding hydrogens is 348 g/mol. The van der Waals surface area contributed by atoms with Gasteiger partial charge in [-0.3, -0.25) is 10.8 Å². The van der Waals surface area contributed by atoms with Crippen LogP contribution in [0.3, 0.4) is 0 Å². The van der Waals surface area contributed by atoms with Crippen molar-refractivity contribution in [2.75, 3.05) is 38.8 Å². The predicted molar refractivity (Wildman–Crippen MR) is 91.2 cm³/mol. The third-order valence-electron chi connectivity index (χ3n) is 3.43. The molecule has 4 N–H and O–H groups in total. The second kappa shape index (κ2) is 7.93. The molecule has 10 nitrogen and oxygen atoms in total. The summed E-state index contributed by atoms with van der Waals surface area (Å²) in [5, 5.41) is 19.8. The highest BCUT2D eigenvalue weighted by atomic mass is 32.2. The third kappa shape index (κ3) is 4.24. The van der Waals surface area contributed by atoms with Crippen molar-refractivity contribution in [2.45, 2.75) is 4.90 Å². The van der Waals surface area contributed by atoms with Gasteiger partial charge in [-0.15, -0.1) is 0 Å². The van der Waals surface area contributed by atoms with Crippen LogP contribution in [-0.2, 0) is 14.8 Å². The summed E-state index contributed by atoms with van der Waals surface area (Å²) in [5.74, 6) is -0.184. The molecule has 2 rings (SSSR count). The van der Waals surface area contributed by atoms with Gasteiger partial charge in [0.05, 0.1) is 30.9 Å². The van der Waals surface area contributed by atoms with Crippen molar-refractivity contribution in [3.63, 3.8) is 0 Å². The third-order valence-corrected chi connectivity index (χ3v) is 5.32. The van der Waals surface area contributed by atoms with Crippen LogP contribution in [0, 0.1) is 16.7 Å². The summed E-state index contributed by atoms with van der Waals surface area (Å²) in [7, 11) is -2.28. The SMILES string of the molecule is COc1ccc(S(=O)(=O)N2CCOCC2)cc1N/N=C(\C#N)C(=N)N. The van der Waals surface area contributed by atoms with Crippen molar-refractivity contribution in [1.82, 2.24) is 4.31 Å². The van der Waals surface area contributed by atoms with Crippen molar-refractivity contribution < 1.29 is 17.9 Å². The highest BCUT2D eigenvalue weighted by Gasteiger charge is 2.27. The van der Waals surface area contributed by atoms with Crippen LogP contribution in [0.2, 0.25) is 0 Å². The average molecular weight is 366 g/mol. The van der Waals surface area contributed by atoms with E-state index in [1.54, 1.807) is 6.07 Å². The van der Waals surface area contributed by atoms with Gasteiger partial charge in [-0.2, -0.15) is 14.7 Å². The van der Waals surface area contributed by atoms with Crippen molar-refractivity contribution in [2.24, 2.45) is 10.8 Å². The minimum Gasteiger partial charge on any atom is -0.495 e. The summed E-state index contributed by atoms with van der Waals surface area (Å²) < 4.78 is 37.1. The highest BCUT2D eigenvalue weighted by Crippen LogP contribution is 2.29. The average Bonchev–Trinajstić information content (AvgIpc) is 2.62. The van der Waals surface area contributed by atoms with Crippen LogP contribution in [0.4, 0.5) is 5.69 Å². The van der Waals surface area contributed by atoms with Crippen molar-refractivity contribution in [3.05, 3.63) is 18.2 Å². The fraction of sp³-hybridized carbons (Fsp3) is 0.357. The molecule has 0 radical (unpaired) electrons. The number of nitriles is 1. The molecule has 0 unspecified atom stereocenters. The smallest absolute Gasteiger partial charge is 0.243 e. The molecule has 1 aromatic rings. The molecule has 1 aromatic carbocycles. The summed E-state index contributed by atoms with van der Waals surface area (Å²) >= 11 is 0. The van der Waals surface area contributed by atoms with E-state index in [-0.39, 0.29) is 29.4 Å². The molecule has 0 atom stereocenters. The highest BCUT2D eigenvalue weighted by molar-refractivity contribution is 7.89. The molecule has 25 heavy (non-hydrogen) atoms. The number of hydrazone groups is 1. The second-order valence-electron chi connectivity index (χ2n) is 4.98. The first-order valence-electron chi connectivity index (χ1n) is 7.24. The van der Waals surface area contributed by atoms with Crippen LogP contribution < -0.4 is 15.9 Å². The zero-order chi connectivity index (χ0) is 18.4. The molecule has 1 saturated heterocycles. The molecule has 0 saturated carbocycles. The Morgan fingerprint density at radius 1 is 1.48 bits per heavy atom. The monoisotopic (exact) mass is 366 g/mol. The summed E-state index contributed by atoms with van der Waals surface area (Å²) in [6.07, 6.45) is 0. The number of methoxy groups -OCH3 is 1. The first-order valence-corrected chi connectivity index (χ1v) is 8.68. The lowest BCUT2D eigenvalue weighted by Crippen LogP contribution is -2.40. The number of hydrogen-bond donors (Lipinski definition) is 3. The van der Waals surface area contributed by atoms with Gasteiger partial charge in [0, 0.05) is 13.1 Å². The normalized spacial score (nSPS) is 16.1. The Labute approximate surface area is 145 Å². The number of morpholine rings is 1. The second-order valence-corrected chi connectivity index (χ2v) is 6.91. The zero-order valence-corrected chi connectivity index (χ0v) is 14.3. The maximum absolute atomic E-state index is 12.7. The van der Waals surface area contributed by atoms with Gasteiger partial charge in [0.15, 0.2) is 5.84 Å². The summed E-state index contributed by atoms with van der Waals surface area (Å²) in [6.45, 7) is 1.24. The van der Waals surface area contributed by atoms with Crippen LogP contribution in [0.25, 0.3) is 0 Å². The number of nitrogens with two attached hydrogens (primary N) is 1. The number of nitrogens with zero attached hydrogens (tertiary/aromatic N) is 3. The molecule has 1 aliphatic heterocycles. The molecule has 11 heteroatoms. The summed E-state index contributed by atoms with van der Waals surface area (Å²) in [4.78, 5) is 0.0502. The minimum atomic E-state index is -3.69. The van der Waals surface area contributed by atoms with Crippen LogP contribution in [0.1, 0.15) is 0 Å². The molecule has 1 heterocycles. The fourth-order valence-corrected chi connectivity index (χ4v) is 3.57. The van der Waals surface area contributed by atoms with E-state index in [2.05, 4.69) is 10.5 Å². The van der Waals surface area contributed by atoms with Crippen LogP contribution in [0.15, 0.2) is 28.2 Å². The van der Waals surface area contributed by atoms with E-state index in [1.807, 2.05) is 0 Å². The molecule has 0 aliphatic carbocycles. The molecule has 134 valence electrons. The molecule has 0 spiro atoms. The number of ether oxygens (including phenoxy) is 2. The molecule has 0 aromatic heterocycles. The molecule has 0 bridgehead atoms. The quantitative estimate of drug-likeness (QED) is 0.362. The first-order chi connectivity index (χ1) is 11.9. The summed E-state index contributed by atoms with van der Waals surface area (Å²) in [5.41, 5.74) is 7.64. The Hall–Kier alpha value is -2.68. The van der Waals surface area contributed by atoms with Gasteiger partial charge in [0.25, 0.3) is 0 Å². The van der Waals surface area contributed by atoms with Crippen LogP contribution >= 0.6 is 0 Å². The number of rotatable bonds is 6. The summed E-state index contributed by atoms with van der Waals surface area (Å²) in [6, 6.07) is 5.91. The van der Waals surface area contributed by atoms with Crippen LogP contribution in [-0.4, -0.2) is 57.7 Å². The van der Waals surface area contributed by atoms with E-state index in [4.69, 9.17) is 25.9 Å². The van der Waals surface area contributed by atoms with Crippen LogP contribution in [0.5, 0.6) is 5.75 Å². The number of anilines is 1. The van der Waals surface area contributed by atoms with E-state index in [9.17, 15) is 8.42 Å². The Morgan fingerprint density at radius 3 is 2.72 bits per heavy atom. The number of amidine groups is 1. The molecule has 0 amide bonds. The zero-order valence-electron chi connectivity index (χ0n) is 13.5. The van der Waals surface area contributed by atoms with Gasteiger partial charge in [-0.05, 0) is 18.2 Å². The Bertz CT molecular complexity index is 824. The van der Waals surface area contributed by atoms with Gasteiger partial charge >= 0.3 is 0 Å². The first kappa shape index (κ1) is 18.7. The lowest BCUT2D eigenvalue weighted by Gasteiger charge is -2.26. The van der Waals surface area contributed by atoms with E-state index in [1.165, 1.54) is 29.6 Å². The lowest BCUT2D eigenvalue weighted by molar-refractivity contribution is 0.0730. The van der Waals surface area contributed by atoms with Gasteiger partial charge in [-0.25, -0.2) is 8.42 Å². The van der Waals surface area contributed by atoms with E-state index in [0.29, 0.717) is 19.0 Å². The van der Waals surface area contributed by atoms with Gasteiger partial charge in [-0.1, -0.05) is 0 Å². The molecule has 1 aliphatic rings. The van der Waals surface area contributed by atoms with Crippen molar-refractivity contribution in [3.8, 4) is 11.8 Å². The van der Waals surface area contributed by atoms with Gasteiger partial charge in [0.2, 0.25) is 15.7 Å². The Kier molecular flexibility index (Phi) is 5.92. The lowest BCUT2D eigenvalue weighted by atomic mass is 10.3. The standard InChI is InChI=1S/C14H18N6O4S/c1-23-13-3-2-10(25(21,22)20-4-6-24-7-5-20)8-11(13)18-19-12(9-15)14(16)17/h2-3,8,18H,4-7H2,1H3,(H3,16,17)/b19-12+. The van der Waals surface area contributed by atoms with E-state index in [0.717, 1.165) is 0 Å². The van der Waals surface area contributed by atoms with E-state index < -0.39 is 15.9 Å². The molecular formula is C14H18N6O4S. The topological polar surface area (TPSA) is 154 Å². The van der Waals surface area contributed by atoms with Crippen molar-refractivity contribution in [1.29, 1.82) is 10.7 Å². The minimum absolute atomic E-state index is 0.0502. The Morgan fingerprint density at radius 2 is 2.16 bits per heavy atom. The number of benzene rings is 1. The van der Waals surface area contributed by atoms with Gasteiger partial charge in [0.1, 0.15) is 11.8 Å². The van der Waals surface area contributed by atoms with E-state index >= 15 is 0 Å².